The minimum Gasteiger partial charge on any atom is -0.496 e. The molecular formula is C12H12ClIN4O2. The molecule has 0 saturated carbocycles. The third-order valence-corrected chi connectivity index (χ3v) is 4.20. The number of halogens is 2. The minimum absolute atomic E-state index is 0.198. The van der Waals surface area contributed by atoms with Gasteiger partial charge in [-0.3, -0.25) is 9.89 Å². The zero-order valence-corrected chi connectivity index (χ0v) is 13.8. The summed E-state index contributed by atoms with van der Waals surface area (Å²) >= 11 is 8.16. The molecular weight excluding hydrogens is 395 g/mol. The van der Waals surface area contributed by atoms with Crippen LogP contribution in [0, 0.1) is 3.57 Å². The summed E-state index contributed by atoms with van der Waals surface area (Å²) in [5, 5.41) is 6.97. The van der Waals surface area contributed by atoms with Crippen LogP contribution in [0.15, 0.2) is 18.5 Å². The molecule has 0 radical (unpaired) electrons. The number of aromatic nitrogens is 3. The Morgan fingerprint density at radius 1 is 1.55 bits per heavy atom. The Morgan fingerprint density at radius 3 is 2.90 bits per heavy atom. The number of hydrogen-bond acceptors (Lipinski definition) is 4. The number of methoxy groups -OCH3 is 1. The van der Waals surface area contributed by atoms with E-state index in [0.717, 1.165) is 3.57 Å². The summed E-state index contributed by atoms with van der Waals surface area (Å²) in [6.45, 7) is 0.325. The van der Waals surface area contributed by atoms with Crippen LogP contribution in [0.25, 0.3) is 0 Å². The fourth-order valence-electron chi connectivity index (χ4n) is 1.67. The molecule has 0 unspecified atom stereocenters. The van der Waals surface area contributed by atoms with Crippen LogP contribution in [0.5, 0.6) is 5.75 Å². The maximum Gasteiger partial charge on any atom is 0.257 e. The van der Waals surface area contributed by atoms with Crippen molar-refractivity contribution in [2.24, 2.45) is 0 Å². The molecule has 106 valence electrons. The summed E-state index contributed by atoms with van der Waals surface area (Å²) < 4.78 is 6.07. The fraction of sp³-hybridized carbons (Fsp3) is 0.250. The molecule has 1 amide bonds. The Balaban J connectivity index is 2.26. The topological polar surface area (TPSA) is 71.1 Å². The van der Waals surface area contributed by atoms with Gasteiger partial charge in [0.15, 0.2) is 0 Å². The van der Waals surface area contributed by atoms with E-state index >= 15 is 0 Å². The van der Waals surface area contributed by atoms with Gasteiger partial charge < -0.3 is 9.64 Å². The van der Waals surface area contributed by atoms with Crippen LogP contribution in [0.1, 0.15) is 16.2 Å². The number of nitrogens with one attached hydrogen (secondary N) is 1. The van der Waals surface area contributed by atoms with E-state index in [4.69, 9.17) is 16.3 Å². The van der Waals surface area contributed by atoms with Crippen molar-refractivity contribution in [1.29, 1.82) is 0 Å². The van der Waals surface area contributed by atoms with E-state index in [2.05, 4.69) is 37.8 Å². The lowest BCUT2D eigenvalue weighted by Gasteiger charge is -2.18. The molecule has 0 spiro atoms. The second kappa shape index (κ2) is 6.40. The monoisotopic (exact) mass is 406 g/mol. The van der Waals surface area contributed by atoms with Gasteiger partial charge >= 0.3 is 0 Å². The van der Waals surface area contributed by atoms with Gasteiger partial charge in [0.25, 0.3) is 5.91 Å². The largest absolute Gasteiger partial charge is 0.496 e. The average molecular weight is 407 g/mol. The zero-order chi connectivity index (χ0) is 14.7. The van der Waals surface area contributed by atoms with E-state index in [0.29, 0.717) is 28.7 Å². The van der Waals surface area contributed by atoms with Gasteiger partial charge in [-0.1, -0.05) is 11.6 Å². The van der Waals surface area contributed by atoms with Gasteiger partial charge in [0.05, 0.1) is 24.2 Å². The molecule has 8 heteroatoms. The van der Waals surface area contributed by atoms with Gasteiger partial charge in [-0.15, -0.1) is 0 Å². The lowest BCUT2D eigenvalue weighted by Crippen LogP contribution is -2.27. The SMILES string of the molecule is COc1cc(I)c(Cl)cc1C(=O)N(C)Cc1ncn[nH]1. The highest BCUT2D eigenvalue weighted by atomic mass is 127. The molecule has 2 rings (SSSR count). The second-order valence-electron chi connectivity index (χ2n) is 4.06. The molecule has 0 aliphatic heterocycles. The Hall–Kier alpha value is -1.35. The highest BCUT2D eigenvalue weighted by Gasteiger charge is 2.19. The molecule has 0 saturated heterocycles. The first kappa shape index (κ1) is 15.0. The molecule has 20 heavy (non-hydrogen) atoms. The number of ether oxygens (including phenoxy) is 1. The van der Waals surface area contributed by atoms with Crippen LogP contribution < -0.4 is 4.74 Å². The number of hydrogen-bond donors (Lipinski definition) is 1. The Kier molecular flexibility index (Phi) is 4.81. The number of amides is 1. The van der Waals surface area contributed by atoms with Crippen molar-refractivity contribution in [3.63, 3.8) is 0 Å². The van der Waals surface area contributed by atoms with Crippen molar-refractivity contribution in [3.05, 3.63) is 38.4 Å². The second-order valence-corrected chi connectivity index (χ2v) is 5.63. The summed E-state index contributed by atoms with van der Waals surface area (Å²) in [5.41, 5.74) is 0.417. The Labute approximate surface area is 134 Å². The molecule has 0 bridgehead atoms. The van der Waals surface area contributed by atoms with Gasteiger partial charge in [0.1, 0.15) is 17.9 Å². The first-order chi connectivity index (χ1) is 9.52. The third kappa shape index (κ3) is 3.21. The number of aromatic amines is 1. The number of nitrogens with zero attached hydrogens (tertiary/aromatic N) is 3. The summed E-state index contributed by atoms with van der Waals surface area (Å²) in [7, 11) is 3.20. The number of carbonyl (C=O) groups is 1. The predicted molar refractivity (Wildman–Crippen MR) is 82.9 cm³/mol. The maximum absolute atomic E-state index is 12.4. The molecule has 0 aliphatic carbocycles. The van der Waals surface area contributed by atoms with E-state index < -0.39 is 0 Å². The smallest absolute Gasteiger partial charge is 0.257 e. The highest BCUT2D eigenvalue weighted by molar-refractivity contribution is 14.1. The average Bonchev–Trinajstić information content (AvgIpc) is 2.93. The van der Waals surface area contributed by atoms with Crippen molar-refractivity contribution in [1.82, 2.24) is 20.1 Å². The van der Waals surface area contributed by atoms with Gasteiger partial charge in [0, 0.05) is 10.6 Å². The molecule has 1 N–H and O–H groups in total. The predicted octanol–water partition coefficient (Wildman–Crippen LogP) is 2.34. The van der Waals surface area contributed by atoms with Crippen LogP contribution in [0.2, 0.25) is 5.02 Å². The first-order valence-corrected chi connectivity index (χ1v) is 7.11. The third-order valence-electron chi connectivity index (χ3n) is 2.67. The summed E-state index contributed by atoms with van der Waals surface area (Å²) in [6.07, 6.45) is 1.40. The van der Waals surface area contributed by atoms with Gasteiger partial charge in [-0.05, 0) is 34.7 Å². The van der Waals surface area contributed by atoms with E-state index in [1.54, 1.807) is 19.2 Å². The number of carbonyl (C=O) groups excluding carboxylic acids is 1. The molecule has 0 aliphatic rings. The Bertz CT molecular complexity index is 618. The van der Waals surface area contributed by atoms with Crippen LogP contribution in [-0.2, 0) is 6.54 Å². The Morgan fingerprint density at radius 2 is 2.30 bits per heavy atom. The summed E-state index contributed by atoms with van der Waals surface area (Å²) in [5.74, 6) is 0.904. The van der Waals surface area contributed by atoms with Crippen LogP contribution >= 0.6 is 34.2 Å². The van der Waals surface area contributed by atoms with E-state index in [-0.39, 0.29) is 5.91 Å². The molecule has 6 nitrogen and oxygen atoms in total. The molecule has 0 fully saturated rings. The zero-order valence-electron chi connectivity index (χ0n) is 10.9. The number of H-pyrrole nitrogens is 1. The quantitative estimate of drug-likeness (QED) is 0.791. The summed E-state index contributed by atoms with van der Waals surface area (Å²) in [6, 6.07) is 3.35. The van der Waals surface area contributed by atoms with Crippen molar-refractivity contribution in [2.75, 3.05) is 14.2 Å². The lowest BCUT2D eigenvalue weighted by atomic mass is 10.1. The van der Waals surface area contributed by atoms with Crippen molar-refractivity contribution in [2.45, 2.75) is 6.54 Å². The molecule has 0 atom stereocenters. The van der Waals surface area contributed by atoms with Gasteiger partial charge in [-0.2, -0.15) is 5.10 Å². The molecule has 1 aromatic heterocycles. The fourth-order valence-corrected chi connectivity index (χ4v) is 2.28. The first-order valence-electron chi connectivity index (χ1n) is 5.65. The molecule has 1 aromatic carbocycles. The van der Waals surface area contributed by atoms with Gasteiger partial charge in [0.2, 0.25) is 0 Å². The standard InChI is InChI=1S/C12H12ClIN4O2/c1-18(5-11-15-6-16-17-11)12(19)7-3-8(13)9(14)4-10(7)20-2/h3-4,6H,5H2,1-2H3,(H,15,16,17). The number of rotatable bonds is 4. The van der Waals surface area contributed by atoms with Crippen molar-refractivity contribution >= 4 is 40.1 Å². The summed E-state index contributed by atoms with van der Waals surface area (Å²) in [4.78, 5) is 17.9. The lowest BCUT2D eigenvalue weighted by molar-refractivity contribution is 0.0778. The molecule has 2 aromatic rings. The number of benzene rings is 1. The van der Waals surface area contributed by atoms with Gasteiger partial charge in [-0.25, -0.2) is 4.98 Å². The van der Waals surface area contributed by atoms with Crippen LogP contribution in [0.4, 0.5) is 0 Å². The normalized spacial score (nSPS) is 10.4. The van der Waals surface area contributed by atoms with E-state index in [1.165, 1.54) is 18.3 Å². The molecule has 1 heterocycles. The van der Waals surface area contributed by atoms with Crippen LogP contribution in [0.3, 0.4) is 0 Å². The van der Waals surface area contributed by atoms with E-state index in [1.807, 2.05) is 0 Å². The minimum atomic E-state index is -0.198. The van der Waals surface area contributed by atoms with Crippen molar-refractivity contribution < 1.29 is 9.53 Å². The van der Waals surface area contributed by atoms with Crippen LogP contribution in [-0.4, -0.2) is 40.1 Å². The maximum atomic E-state index is 12.4. The van der Waals surface area contributed by atoms with E-state index in [9.17, 15) is 4.79 Å². The van der Waals surface area contributed by atoms with Crippen molar-refractivity contribution in [3.8, 4) is 5.75 Å². The highest BCUT2D eigenvalue weighted by Crippen LogP contribution is 2.29.